The van der Waals surface area contributed by atoms with Crippen molar-refractivity contribution in [3.05, 3.63) is 45.6 Å². The van der Waals surface area contributed by atoms with Gasteiger partial charge in [-0.3, -0.25) is 0 Å². The molecule has 0 aliphatic rings. The van der Waals surface area contributed by atoms with E-state index in [1.165, 1.54) is 19.9 Å². The monoisotopic (exact) mass is 764 g/mol. The van der Waals surface area contributed by atoms with Gasteiger partial charge in [-0.05, 0) is 84.6 Å². The summed E-state index contributed by atoms with van der Waals surface area (Å²) in [6, 6.07) is 0. The molecule has 0 saturated heterocycles. The molecule has 0 radical (unpaired) electrons. The Labute approximate surface area is 446 Å². The molecule has 0 rings (SSSR count). The van der Waals surface area contributed by atoms with Crippen LogP contribution in [0.25, 0.3) is 0 Å². The van der Waals surface area contributed by atoms with Crippen LogP contribution in [0.5, 0.6) is 0 Å². The summed E-state index contributed by atoms with van der Waals surface area (Å²) in [6.45, 7) is 4.61. The minimum atomic E-state index is -2.01. The fraction of sp³-hybridized carbons (Fsp3) is 0.483. The van der Waals surface area contributed by atoms with Crippen LogP contribution in [0.15, 0.2) is 45.6 Å². The van der Waals surface area contributed by atoms with Crippen molar-refractivity contribution in [1.29, 1.82) is 0 Å². The molecule has 50 heavy (non-hydrogen) atoms. The number of carboxylic acids is 7. The Morgan fingerprint density at radius 3 is 0.980 bits per heavy atom. The molecule has 0 aromatic carbocycles. The first-order chi connectivity index (χ1) is 20.0. The number of carbonyl (C=O) groups is 7. The molecule has 0 N–H and O–H groups in total. The van der Waals surface area contributed by atoms with Gasteiger partial charge in [0, 0.05) is 11.5 Å². The third-order valence-corrected chi connectivity index (χ3v) is 6.73. The SMILES string of the molecule is CC/C=C/C(C(=O)[O-])=C(\CC(CC)C/C(C(=O)[O-])=C(/CC(CC)C/C(C(=O)[O-])=C(\CCC(=O)[O-])C(=O)[O-])C(=O)[O-])C(=O)[O-].[Na+].[Na+].[Na+].[Na+].[Na+].[Na+].[Na+]. The first-order valence-electron chi connectivity index (χ1n) is 13.3. The van der Waals surface area contributed by atoms with Gasteiger partial charge in [-0.2, -0.15) is 0 Å². The number of hydrogen-bond donors (Lipinski definition) is 0. The number of allylic oxidation sites excluding steroid dienone is 1. The Hall–Kier alpha value is 2.25. The quantitative estimate of drug-likeness (QED) is 0.0596. The second-order valence-electron chi connectivity index (χ2n) is 9.58. The van der Waals surface area contributed by atoms with Gasteiger partial charge in [0.1, 0.15) is 0 Å². The van der Waals surface area contributed by atoms with E-state index in [4.69, 9.17) is 0 Å². The van der Waals surface area contributed by atoms with Crippen LogP contribution < -0.4 is 243 Å². The van der Waals surface area contributed by atoms with Crippen molar-refractivity contribution in [2.24, 2.45) is 11.8 Å². The van der Waals surface area contributed by atoms with Crippen molar-refractivity contribution in [2.45, 2.75) is 78.6 Å². The Morgan fingerprint density at radius 2 is 0.740 bits per heavy atom. The van der Waals surface area contributed by atoms with Gasteiger partial charge in [0.25, 0.3) is 0 Å². The van der Waals surface area contributed by atoms with Gasteiger partial charge >= 0.3 is 207 Å². The number of hydrogen-bond acceptors (Lipinski definition) is 14. The number of aliphatic carboxylic acids is 7. The van der Waals surface area contributed by atoms with Crippen LogP contribution in [0.4, 0.5) is 0 Å². The molecular weight excluding hydrogens is 733 g/mol. The summed E-state index contributed by atoms with van der Waals surface area (Å²) in [5.41, 5.74) is -4.92. The summed E-state index contributed by atoms with van der Waals surface area (Å²) in [5, 5.41) is 81.5. The average molecular weight is 764 g/mol. The molecule has 0 aromatic rings. The molecule has 0 saturated carbocycles. The van der Waals surface area contributed by atoms with Crippen LogP contribution in [0, 0.1) is 11.8 Å². The zero-order valence-electron chi connectivity index (χ0n) is 30.9. The standard InChI is InChI=1S/C29H38O14.7Na/c1-4-7-8-17(24(32)33)19(26(36)37)11-15(5-2)13-21(28(40)41)22(29(42)43)14-16(6-3)12-20(27(38)39)18(25(34)35)9-10-23(30)31;;;;;;;/h7-8,15-16H,4-6,9-14H2,1-3H3,(H,30,31)(H,32,33)(H,34,35)(H,36,37)(H,38,39)(H,40,41)(H,42,43);;;;;;;/q;7*+1/p-7/b8-7+,19-17-,20-18-,22-21+;;;;;;;. The van der Waals surface area contributed by atoms with E-state index in [1.807, 2.05) is 0 Å². The van der Waals surface area contributed by atoms with Crippen LogP contribution >= 0.6 is 0 Å². The van der Waals surface area contributed by atoms with E-state index in [0.717, 1.165) is 6.08 Å². The molecule has 0 amide bonds. The third kappa shape index (κ3) is 27.0. The van der Waals surface area contributed by atoms with Crippen molar-refractivity contribution >= 4 is 41.8 Å². The van der Waals surface area contributed by atoms with Crippen LogP contribution in [-0.2, 0) is 33.6 Å². The molecule has 238 valence electrons. The molecule has 0 aliphatic carbocycles. The minimum Gasteiger partial charge on any atom is -0.550 e. The topological polar surface area (TPSA) is 281 Å². The number of rotatable bonds is 21. The van der Waals surface area contributed by atoms with Crippen LogP contribution in [0.3, 0.4) is 0 Å². The summed E-state index contributed by atoms with van der Waals surface area (Å²) in [6.07, 6.45) is -1.52. The van der Waals surface area contributed by atoms with Crippen molar-refractivity contribution < 1.29 is 276 Å². The van der Waals surface area contributed by atoms with Crippen LogP contribution in [0.1, 0.15) is 78.6 Å². The molecule has 0 fully saturated rings. The van der Waals surface area contributed by atoms with Gasteiger partial charge in [0.2, 0.25) is 0 Å². The van der Waals surface area contributed by atoms with Crippen molar-refractivity contribution in [3.63, 3.8) is 0 Å². The second-order valence-corrected chi connectivity index (χ2v) is 9.58. The summed E-state index contributed by atoms with van der Waals surface area (Å²) in [5.74, 6) is -15.4. The van der Waals surface area contributed by atoms with Gasteiger partial charge < -0.3 is 69.3 Å². The van der Waals surface area contributed by atoms with Gasteiger partial charge in [0.15, 0.2) is 0 Å². The minimum absolute atomic E-state index is 0. The van der Waals surface area contributed by atoms with Crippen LogP contribution in [0.2, 0.25) is 0 Å². The van der Waals surface area contributed by atoms with Gasteiger partial charge in [-0.15, -0.1) is 0 Å². The second kappa shape index (κ2) is 38.1. The predicted molar refractivity (Wildman–Crippen MR) is 131 cm³/mol. The van der Waals surface area contributed by atoms with Crippen molar-refractivity contribution in [1.82, 2.24) is 0 Å². The molecular formula is C29H31Na7O14. The maximum atomic E-state index is 12.1. The zero-order valence-corrected chi connectivity index (χ0v) is 44.9. The van der Waals surface area contributed by atoms with Crippen LogP contribution in [-0.4, -0.2) is 41.8 Å². The van der Waals surface area contributed by atoms with E-state index in [9.17, 15) is 69.3 Å². The van der Waals surface area contributed by atoms with E-state index >= 15 is 0 Å². The molecule has 0 spiro atoms. The van der Waals surface area contributed by atoms with E-state index < -0.39 is 126 Å². The molecule has 14 nitrogen and oxygen atoms in total. The Morgan fingerprint density at radius 1 is 0.440 bits per heavy atom. The Kier molecular flexibility index (Phi) is 53.5. The molecule has 0 heterocycles. The predicted octanol–water partition coefficient (Wildman–Crippen LogP) is -26.5. The molecule has 2 atom stereocenters. The number of carboxylic acid groups (broad SMARTS) is 7. The van der Waals surface area contributed by atoms with Gasteiger partial charge in [-0.25, -0.2) is 0 Å². The third-order valence-electron chi connectivity index (χ3n) is 6.73. The summed E-state index contributed by atoms with van der Waals surface area (Å²) >= 11 is 0. The maximum absolute atomic E-state index is 12.1. The zero-order chi connectivity index (χ0) is 33.4. The molecule has 21 heteroatoms. The first-order valence-corrected chi connectivity index (χ1v) is 13.3. The summed E-state index contributed by atoms with van der Waals surface area (Å²) < 4.78 is 0. The molecule has 0 aliphatic heterocycles. The van der Waals surface area contributed by atoms with Gasteiger partial charge in [0.05, 0.1) is 35.8 Å². The molecule has 0 aromatic heterocycles. The fourth-order valence-electron chi connectivity index (χ4n) is 4.30. The maximum Gasteiger partial charge on any atom is 1.00 e. The van der Waals surface area contributed by atoms with E-state index in [0.29, 0.717) is 6.42 Å². The van der Waals surface area contributed by atoms with Crippen molar-refractivity contribution in [3.8, 4) is 0 Å². The first kappa shape index (κ1) is 70.1. The normalized spacial score (nSPS) is 12.5. The summed E-state index contributed by atoms with van der Waals surface area (Å²) in [4.78, 5) is 81.5. The molecule has 0 bridgehead atoms. The fourth-order valence-corrected chi connectivity index (χ4v) is 4.30. The van der Waals surface area contributed by atoms with E-state index in [1.54, 1.807) is 6.92 Å². The van der Waals surface area contributed by atoms with E-state index in [2.05, 4.69) is 0 Å². The van der Waals surface area contributed by atoms with E-state index in [-0.39, 0.29) is 220 Å². The molecule has 2 unspecified atom stereocenters. The summed E-state index contributed by atoms with van der Waals surface area (Å²) in [7, 11) is 0. The average Bonchev–Trinajstić information content (AvgIpc) is 2.90. The number of carbonyl (C=O) groups excluding carboxylic acids is 7. The van der Waals surface area contributed by atoms with Crippen molar-refractivity contribution in [2.75, 3.05) is 0 Å². The Bertz CT molecular complexity index is 1260. The Balaban J connectivity index is -0.000000420. The smallest absolute Gasteiger partial charge is 0.550 e. The largest absolute Gasteiger partial charge is 1.00 e. The van der Waals surface area contributed by atoms with Gasteiger partial charge in [-0.1, -0.05) is 45.8 Å².